The molecule has 5 nitrogen and oxygen atoms in total. The van der Waals surface area contributed by atoms with Crippen LogP contribution in [0.2, 0.25) is 25.7 Å². The molecule has 7 heteroatoms. The number of aryl methyl sites for hydroxylation is 2. The van der Waals surface area contributed by atoms with Crippen LogP contribution in [-0.4, -0.2) is 31.8 Å². The molecule has 0 amide bonds. The molecule has 0 N–H and O–H groups in total. The Balaban J connectivity index is 2.64. The number of carbonyl (C=O) groups excluding carboxylic acids is 1. The highest BCUT2D eigenvalue weighted by atomic mass is 28.3. The number of pyridine rings is 1. The van der Waals surface area contributed by atoms with Gasteiger partial charge in [-0.2, -0.15) is 0 Å². The second kappa shape index (κ2) is 8.57. The van der Waals surface area contributed by atoms with Crippen molar-refractivity contribution in [3.63, 3.8) is 0 Å². The van der Waals surface area contributed by atoms with Crippen LogP contribution in [0.25, 0.3) is 10.9 Å². The average molecular weight is 408 g/mol. The zero-order valence-electron chi connectivity index (χ0n) is 17.9. The van der Waals surface area contributed by atoms with Gasteiger partial charge in [-0.05, 0) is 44.9 Å². The number of benzene rings is 1. The summed E-state index contributed by atoms with van der Waals surface area (Å²) in [5.74, 6) is -1.02. The third-order valence-corrected chi connectivity index (χ3v) is 6.66. The largest absolute Gasteiger partial charge is 0.462 e. The maximum atomic E-state index is 14.7. The lowest BCUT2D eigenvalue weighted by atomic mass is 9.97. The molecular weight excluding hydrogens is 377 g/mol. The highest BCUT2D eigenvalue weighted by Gasteiger charge is 2.22. The molecule has 2 aromatic rings. The van der Waals surface area contributed by atoms with Gasteiger partial charge in [-0.25, -0.2) is 9.18 Å². The van der Waals surface area contributed by atoms with E-state index in [1.54, 1.807) is 32.3 Å². The van der Waals surface area contributed by atoms with Crippen LogP contribution in [0, 0.1) is 26.6 Å². The predicted octanol–water partition coefficient (Wildman–Crippen LogP) is 4.55. The van der Waals surface area contributed by atoms with Gasteiger partial charge in [0.05, 0.1) is 17.5 Å². The molecule has 0 radical (unpaired) electrons. The normalized spacial score (nSPS) is 11.9. The summed E-state index contributed by atoms with van der Waals surface area (Å²) in [5.41, 5.74) is 1.29. The average Bonchev–Trinajstić information content (AvgIpc) is 2.61. The van der Waals surface area contributed by atoms with Crippen molar-refractivity contribution in [1.29, 1.82) is 0 Å². The smallest absolute Gasteiger partial charge is 0.343 e. The molecule has 2 rings (SSSR count). The van der Waals surface area contributed by atoms with Crippen LogP contribution < -0.4 is 5.43 Å². The van der Waals surface area contributed by atoms with Crippen molar-refractivity contribution in [2.75, 3.05) is 13.2 Å². The van der Waals surface area contributed by atoms with Crippen LogP contribution in [-0.2, 0) is 16.2 Å². The molecule has 154 valence electrons. The summed E-state index contributed by atoms with van der Waals surface area (Å²) in [6, 6.07) is 0.987. The molecular formula is C21H30FNO4Si. The minimum Gasteiger partial charge on any atom is -0.462 e. The highest BCUT2D eigenvalue weighted by Crippen LogP contribution is 2.27. The standard InChI is InChI=1S/C21H30FNO4Si/c1-8-27-21(25)16-11-23(12-26-9-10-28(5,6)7)19-15(4)18(22)14(3)13(2)17(19)20(16)24/h11H,8-10,12H2,1-7H3. The second-order valence-corrected chi connectivity index (χ2v) is 13.9. The van der Waals surface area contributed by atoms with Crippen LogP contribution in [0.15, 0.2) is 11.0 Å². The lowest BCUT2D eigenvalue weighted by molar-refractivity contribution is 0.0521. The molecule has 1 aromatic heterocycles. The molecule has 28 heavy (non-hydrogen) atoms. The quantitative estimate of drug-likeness (QED) is 0.384. The van der Waals surface area contributed by atoms with Crippen molar-refractivity contribution in [2.24, 2.45) is 0 Å². The Morgan fingerprint density at radius 3 is 2.36 bits per heavy atom. The molecule has 0 unspecified atom stereocenters. The van der Waals surface area contributed by atoms with Gasteiger partial charge in [0.1, 0.15) is 18.1 Å². The predicted molar refractivity (Wildman–Crippen MR) is 112 cm³/mol. The van der Waals surface area contributed by atoms with Gasteiger partial charge in [0.15, 0.2) is 0 Å². The van der Waals surface area contributed by atoms with E-state index in [1.165, 1.54) is 6.20 Å². The van der Waals surface area contributed by atoms with E-state index in [2.05, 4.69) is 19.6 Å². The molecule has 0 bridgehead atoms. The van der Waals surface area contributed by atoms with E-state index in [1.807, 2.05) is 0 Å². The number of hydrogen-bond donors (Lipinski definition) is 0. The van der Waals surface area contributed by atoms with Crippen molar-refractivity contribution < 1.29 is 18.7 Å². The molecule has 0 aliphatic carbocycles. The number of fused-ring (bicyclic) bond motifs is 1. The van der Waals surface area contributed by atoms with Crippen LogP contribution in [0.1, 0.15) is 34.0 Å². The van der Waals surface area contributed by atoms with Crippen LogP contribution in [0.5, 0.6) is 0 Å². The molecule has 0 aliphatic heterocycles. The minimum atomic E-state index is -1.25. The SMILES string of the molecule is CCOC(=O)c1cn(COCC[Si](C)(C)C)c2c(C)c(F)c(C)c(C)c2c1=O. The van der Waals surface area contributed by atoms with Gasteiger partial charge in [-0.3, -0.25) is 4.79 Å². The van der Waals surface area contributed by atoms with Crippen molar-refractivity contribution in [1.82, 2.24) is 4.57 Å². The first kappa shape index (κ1) is 22.3. The number of ether oxygens (including phenoxy) is 2. The van der Waals surface area contributed by atoms with Gasteiger partial charge in [0.25, 0.3) is 0 Å². The lowest BCUT2D eigenvalue weighted by Gasteiger charge is -2.20. The molecule has 0 saturated carbocycles. The fourth-order valence-corrected chi connectivity index (χ4v) is 3.91. The molecule has 0 atom stereocenters. The molecule has 0 aliphatic rings. The lowest BCUT2D eigenvalue weighted by Crippen LogP contribution is -2.24. The number of nitrogens with zero attached hydrogens (tertiary/aromatic N) is 1. The maximum absolute atomic E-state index is 14.7. The number of halogens is 1. The molecule has 1 heterocycles. The zero-order valence-corrected chi connectivity index (χ0v) is 18.9. The van der Waals surface area contributed by atoms with Gasteiger partial charge in [0.2, 0.25) is 5.43 Å². The van der Waals surface area contributed by atoms with Gasteiger partial charge >= 0.3 is 5.97 Å². The molecule has 0 fully saturated rings. The van der Waals surface area contributed by atoms with Gasteiger partial charge < -0.3 is 14.0 Å². The first-order chi connectivity index (χ1) is 13.0. The van der Waals surface area contributed by atoms with Crippen molar-refractivity contribution >= 4 is 24.9 Å². The van der Waals surface area contributed by atoms with E-state index >= 15 is 0 Å². The zero-order chi connectivity index (χ0) is 21.2. The van der Waals surface area contributed by atoms with E-state index in [0.29, 0.717) is 34.2 Å². The summed E-state index contributed by atoms with van der Waals surface area (Å²) < 4.78 is 27.2. The fourth-order valence-electron chi connectivity index (χ4n) is 3.15. The minimum absolute atomic E-state index is 0.0587. The number of rotatable bonds is 7. The summed E-state index contributed by atoms with van der Waals surface area (Å²) in [7, 11) is -1.25. The van der Waals surface area contributed by atoms with Crippen molar-refractivity contribution in [2.45, 2.75) is 60.1 Å². The molecule has 0 saturated heterocycles. The van der Waals surface area contributed by atoms with Crippen molar-refractivity contribution in [3.05, 3.63) is 44.5 Å². The Hall–Kier alpha value is -1.99. The van der Waals surface area contributed by atoms with Gasteiger partial charge in [0, 0.05) is 26.4 Å². The number of carbonyl (C=O) groups is 1. The first-order valence-electron chi connectivity index (χ1n) is 9.56. The van der Waals surface area contributed by atoms with Crippen LogP contribution in [0.3, 0.4) is 0 Å². The summed E-state index contributed by atoms with van der Waals surface area (Å²) >= 11 is 0. The summed E-state index contributed by atoms with van der Waals surface area (Å²) in [6.07, 6.45) is 1.43. The van der Waals surface area contributed by atoms with Gasteiger partial charge in [-0.1, -0.05) is 19.6 Å². The molecule has 0 spiro atoms. The Bertz CT molecular complexity index is 960. The third kappa shape index (κ3) is 4.52. The van der Waals surface area contributed by atoms with E-state index in [9.17, 15) is 14.0 Å². The highest BCUT2D eigenvalue weighted by molar-refractivity contribution is 6.76. The van der Waals surface area contributed by atoms with E-state index < -0.39 is 19.5 Å². The topological polar surface area (TPSA) is 57.5 Å². The molecule has 1 aromatic carbocycles. The summed E-state index contributed by atoms with van der Waals surface area (Å²) in [5, 5.41) is 0.343. The monoisotopic (exact) mass is 407 g/mol. The number of hydrogen-bond acceptors (Lipinski definition) is 4. The van der Waals surface area contributed by atoms with E-state index in [4.69, 9.17) is 9.47 Å². The Morgan fingerprint density at radius 1 is 1.14 bits per heavy atom. The van der Waals surface area contributed by atoms with Crippen molar-refractivity contribution in [3.8, 4) is 0 Å². The Kier molecular flexibility index (Phi) is 6.83. The maximum Gasteiger partial charge on any atom is 0.343 e. The van der Waals surface area contributed by atoms with E-state index in [0.717, 1.165) is 6.04 Å². The fraction of sp³-hybridized carbons (Fsp3) is 0.524. The number of esters is 1. The van der Waals surface area contributed by atoms with E-state index in [-0.39, 0.29) is 24.7 Å². The summed E-state index contributed by atoms with van der Waals surface area (Å²) in [4.78, 5) is 25.3. The second-order valence-electron chi connectivity index (χ2n) is 8.32. The Labute approximate surface area is 166 Å². The van der Waals surface area contributed by atoms with Gasteiger partial charge in [-0.15, -0.1) is 0 Å². The summed E-state index contributed by atoms with van der Waals surface area (Å²) in [6.45, 7) is 14.3. The first-order valence-corrected chi connectivity index (χ1v) is 13.3. The third-order valence-electron chi connectivity index (χ3n) is 4.95. The number of aromatic nitrogens is 1. The van der Waals surface area contributed by atoms with Crippen LogP contribution in [0.4, 0.5) is 4.39 Å². The Morgan fingerprint density at radius 2 is 1.79 bits per heavy atom. The van der Waals surface area contributed by atoms with Crippen LogP contribution >= 0.6 is 0 Å².